The molecule has 282 valence electrons. The molecule has 0 bridgehead atoms. The van der Waals surface area contributed by atoms with Crippen LogP contribution in [-0.2, 0) is 38.1 Å². The summed E-state index contributed by atoms with van der Waals surface area (Å²) in [5.41, 5.74) is -2.59. The van der Waals surface area contributed by atoms with Crippen molar-refractivity contribution in [2.75, 3.05) is 46.8 Å². The third-order valence-corrected chi connectivity index (χ3v) is 9.07. The summed E-state index contributed by atoms with van der Waals surface area (Å²) in [6.07, 6.45) is 5.00. The van der Waals surface area contributed by atoms with E-state index in [1.807, 2.05) is 0 Å². The standard InChI is InChI=1S/C39H48O13/c1-25-17-26(9-13-28(25)51-33(44)37(6)21-47-35(2,3)48-22-37)11-15-31(42)39(19-40,20-41)32(43)16-12-27-10-14-29(30(18-27)46-8)52-34(45)38(7)23-49-36(4,5)50-24-38/h9-18,40-41H,19-24H2,1-8H3/b15-11+,16-12+. The van der Waals surface area contributed by atoms with Crippen molar-refractivity contribution in [3.8, 4) is 17.2 Å². The summed E-state index contributed by atoms with van der Waals surface area (Å²) in [7, 11) is 1.39. The van der Waals surface area contributed by atoms with Crippen LogP contribution in [-0.4, -0.2) is 92.0 Å². The maximum atomic E-state index is 13.3. The summed E-state index contributed by atoms with van der Waals surface area (Å²) in [5.74, 6) is -3.68. The second-order valence-corrected chi connectivity index (χ2v) is 14.6. The van der Waals surface area contributed by atoms with Gasteiger partial charge in [0.15, 0.2) is 34.6 Å². The first kappa shape index (κ1) is 40.5. The number of ketones is 2. The number of carbonyl (C=O) groups is 4. The van der Waals surface area contributed by atoms with Crippen LogP contribution in [0.25, 0.3) is 12.2 Å². The Hall–Kier alpha value is -4.24. The summed E-state index contributed by atoms with van der Waals surface area (Å²) >= 11 is 0. The lowest BCUT2D eigenvalue weighted by atomic mass is 9.80. The quantitative estimate of drug-likeness (QED) is 0.130. The van der Waals surface area contributed by atoms with Crippen molar-refractivity contribution >= 4 is 35.7 Å². The van der Waals surface area contributed by atoms with Crippen molar-refractivity contribution < 1.29 is 62.5 Å². The molecule has 2 fully saturated rings. The number of hydrogen-bond acceptors (Lipinski definition) is 13. The predicted octanol–water partition coefficient (Wildman–Crippen LogP) is 4.23. The number of ether oxygens (including phenoxy) is 7. The first-order chi connectivity index (χ1) is 24.3. The zero-order valence-electron chi connectivity index (χ0n) is 30.9. The molecule has 0 saturated carbocycles. The molecule has 0 aliphatic carbocycles. The Morgan fingerprint density at radius 1 is 0.673 bits per heavy atom. The van der Waals surface area contributed by atoms with Gasteiger partial charge in [0.25, 0.3) is 0 Å². The van der Waals surface area contributed by atoms with Crippen LogP contribution < -0.4 is 14.2 Å². The molecule has 0 spiro atoms. The van der Waals surface area contributed by atoms with Crippen LogP contribution >= 0.6 is 0 Å². The second-order valence-electron chi connectivity index (χ2n) is 14.6. The number of aliphatic hydroxyl groups excluding tert-OH is 2. The van der Waals surface area contributed by atoms with Gasteiger partial charge in [0.05, 0.1) is 46.8 Å². The highest BCUT2D eigenvalue weighted by Gasteiger charge is 2.45. The van der Waals surface area contributed by atoms with Gasteiger partial charge in [0.1, 0.15) is 22.0 Å². The van der Waals surface area contributed by atoms with E-state index in [9.17, 15) is 29.4 Å². The highest BCUT2D eigenvalue weighted by Crippen LogP contribution is 2.35. The zero-order valence-corrected chi connectivity index (χ0v) is 30.9. The van der Waals surface area contributed by atoms with E-state index >= 15 is 0 Å². The molecule has 0 atom stereocenters. The summed E-state index contributed by atoms with van der Waals surface area (Å²) in [6, 6.07) is 9.45. The molecule has 2 saturated heterocycles. The predicted molar refractivity (Wildman–Crippen MR) is 188 cm³/mol. The number of esters is 2. The fourth-order valence-corrected chi connectivity index (χ4v) is 5.09. The third kappa shape index (κ3) is 9.21. The molecule has 0 amide bonds. The minimum Gasteiger partial charge on any atom is -0.493 e. The molecule has 52 heavy (non-hydrogen) atoms. The summed E-state index contributed by atoms with van der Waals surface area (Å²) in [4.78, 5) is 52.6. The van der Waals surface area contributed by atoms with Crippen molar-refractivity contribution in [3.05, 3.63) is 65.2 Å². The van der Waals surface area contributed by atoms with Crippen LogP contribution in [0.1, 0.15) is 58.2 Å². The van der Waals surface area contributed by atoms with Crippen molar-refractivity contribution in [1.29, 1.82) is 0 Å². The molecule has 4 rings (SSSR count). The van der Waals surface area contributed by atoms with Gasteiger partial charge >= 0.3 is 11.9 Å². The van der Waals surface area contributed by atoms with Crippen LogP contribution in [0.4, 0.5) is 0 Å². The van der Waals surface area contributed by atoms with Crippen LogP contribution in [0.5, 0.6) is 17.2 Å². The second kappa shape index (κ2) is 15.8. The van der Waals surface area contributed by atoms with Crippen LogP contribution in [0.3, 0.4) is 0 Å². The largest absolute Gasteiger partial charge is 0.493 e. The zero-order chi connectivity index (χ0) is 38.5. The molecule has 2 aromatic rings. The Morgan fingerprint density at radius 2 is 1.08 bits per heavy atom. The Bertz CT molecular complexity index is 1710. The molecule has 2 aliphatic rings. The molecule has 0 aromatic heterocycles. The number of aryl methyl sites for hydroxylation is 1. The number of allylic oxidation sites excluding steroid dienone is 2. The van der Waals surface area contributed by atoms with Gasteiger partial charge in [-0.05, 0) is 102 Å². The lowest BCUT2D eigenvalue weighted by Crippen LogP contribution is -2.50. The van der Waals surface area contributed by atoms with Crippen molar-refractivity contribution in [2.45, 2.75) is 60.0 Å². The highest BCUT2D eigenvalue weighted by atomic mass is 16.7. The molecule has 13 heteroatoms. The fraction of sp³-hybridized carbons (Fsp3) is 0.487. The molecule has 13 nitrogen and oxygen atoms in total. The molecule has 0 radical (unpaired) electrons. The van der Waals surface area contributed by atoms with Gasteiger partial charge in [-0.1, -0.05) is 24.3 Å². The van der Waals surface area contributed by atoms with E-state index < -0.39 is 64.5 Å². The smallest absolute Gasteiger partial charge is 0.322 e. The Morgan fingerprint density at radius 3 is 1.48 bits per heavy atom. The van der Waals surface area contributed by atoms with Crippen molar-refractivity contribution in [1.82, 2.24) is 0 Å². The number of methoxy groups -OCH3 is 1. The van der Waals surface area contributed by atoms with Crippen molar-refractivity contribution in [2.24, 2.45) is 16.2 Å². The maximum Gasteiger partial charge on any atom is 0.322 e. The highest BCUT2D eigenvalue weighted by molar-refractivity contribution is 6.17. The lowest BCUT2D eigenvalue weighted by Gasteiger charge is -2.39. The summed E-state index contributed by atoms with van der Waals surface area (Å²) in [6.45, 7) is 10.7. The lowest BCUT2D eigenvalue weighted by molar-refractivity contribution is -0.280. The molecular formula is C39H48O13. The Kier molecular flexibility index (Phi) is 12.3. The van der Waals surface area contributed by atoms with Gasteiger partial charge in [0.2, 0.25) is 0 Å². The molecule has 0 unspecified atom stereocenters. The van der Waals surface area contributed by atoms with Gasteiger partial charge < -0.3 is 43.4 Å². The van der Waals surface area contributed by atoms with E-state index in [0.29, 0.717) is 22.4 Å². The molecule has 2 heterocycles. The SMILES string of the molecule is COc1cc(/C=C/C(=O)C(CO)(CO)C(=O)/C=C/c2ccc(OC(=O)C3(C)COC(C)(C)OC3)c(C)c2)ccc1OC(=O)C1(C)COC(C)(C)OC1. The van der Waals surface area contributed by atoms with E-state index in [1.165, 1.54) is 31.4 Å². The molecule has 2 aliphatic heterocycles. The Labute approximate surface area is 303 Å². The van der Waals surface area contributed by atoms with Gasteiger partial charge in [-0.3, -0.25) is 19.2 Å². The van der Waals surface area contributed by atoms with Gasteiger partial charge in [-0.2, -0.15) is 0 Å². The third-order valence-electron chi connectivity index (χ3n) is 9.07. The summed E-state index contributed by atoms with van der Waals surface area (Å²) < 4.78 is 39.2. The average molecular weight is 725 g/mol. The van der Waals surface area contributed by atoms with Crippen molar-refractivity contribution in [3.63, 3.8) is 0 Å². The number of rotatable bonds is 13. The normalized spacial score (nSPS) is 19.3. The number of hydrogen-bond donors (Lipinski definition) is 2. The van der Waals surface area contributed by atoms with Gasteiger partial charge in [0, 0.05) is 0 Å². The van der Waals surface area contributed by atoms with E-state index in [1.54, 1.807) is 72.7 Å². The van der Waals surface area contributed by atoms with Crippen LogP contribution in [0.2, 0.25) is 0 Å². The average Bonchev–Trinajstić information content (AvgIpc) is 3.11. The number of benzene rings is 2. The van der Waals surface area contributed by atoms with E-state index in [4.69, 9.17) is 33.2 Å². The minimum atomic E-state index is -2.15. The van der Waals surface area contributed by atoms with E-state index in [2.05, 4.69) is 0 Å². The van der Waals surface area contributed by atoms with E-state index in [0.717, 1.165) is 12.2 Å². The fourth-order valence-electron chi connectivity index (χ4n) is 5.09. The number of aliphatic hydroxyl groups is 2. The molecular weight excluding hydrogens is 676 g/mol. The molecule has 2 N–H and O–H groups in total. The van der Waals surface area contributed by atoms with Gasteiger partial charge in [-0.15, -0.1) is 0 Å². The monoisotopic (exact) mass is 724 g/mol. The minimum absolute atomic E-state index is 0.101. The van der Waals surface area contributed by atoms with Crippen LogP contribution in [0.15, 0.2) is 48.6 Å². The first-order valence-corrected chi connectivity index (χ1v) is 16.8. The van der Waals surface area contributed by atoms with Crippen LogP contribution in [0, 0.1) is 23.2 Å². The van der Waals surface area contributed by atoms with E-state index in [-0.39, 0.29) is 37.9 Å². The topological polar surface area (TPSA) is 173 Å². The molecule has 2 aromatic carbocycles. The first-order valence-electron chi connectivity index (χ1n) is 16.8. The number of carbonyl (C=O) groups excluding carboxylic acids is 4. The maximum absolute atomic E-state index is 13.3. The summed E-state index contributed by atoms with van der Waals surface area (Å²) in [5, 5.41) is 20.3. The Balaban J connectivity index is 1.42. The van der Waals surface area contributed by atoms with Gasteiger partial charge in [-0.25, -0.2) is 0 Å².